The van der Waals surface area contributed by atoms with E-state index < -0.39 is 0 Å². The normalized spacial score (nSPS) is 10.6. The number of halogens is 1. The molecule has 0 radical (unpaired) electrons. The molecule has 1 aromatic heterocycles. The van der Waals surface area contributed by atoms with Crippen molar-refractivity contribution in [1.82, 2.24) is 10.2 Å². The average Bonchev–Trinajstić information content (AvgIpc) is 3.22. The Kier molecular flexibility index (Phi) is 6.63. The molecule has 1 N–H and O–H groups in total. The molecule has 0 saturated heterocycles. The number of thioether (sulfide) groups is 1. The fourth-order valence-corrected chi connectivity index (χ4v) is 4.31. The highest BCUT2D eigenvalue weighted by molar-refractivity contribution is 8.01. The van der Waals surface area contributed by atoms with Crippen LogP contribution >= 0.6 is 34.7 Å². The second-order valence-electron chi connectivity index (χ2n) is 6.16. The van der Waals surface area contributed by atoms with E-state index in [1.165, 1.54) is 23.1 Å². The summed E-state index contributed by atoms with van der Waals surface area (Å²) < 4.78 is 6.52. The highest BCUT2D eigenvalue weighted by Crippen LogP contribution is 2.29. The van der Waals surface area contributed by atoms with Crippen molar-refractivity contribution in [1.29, 1.82) is 0 Å². The lowest BCUT2D eigenvalue weighted by atomic mass is 10.1. The molecule has 4 aromatic rings. The van der Waals surface area contributed by atoms with Gasteiger partial charge in [0, 0.05) is 16.3 Å². The monoisotopic (exact) mass is 453 g/mol. The van der Waals surface area contributed by atoms with E-state index in [2.05, 4.69) is 15.5 Å². The summed E-state index contributed by atoms with van der Waals surface area (Å²) in [6.07, 6.45) is 0. The lowest BCUT2D eigenvalue weighted by Gasteiger charge is -2.06. The van der Waals surface area contributed by atoms with Gasteiger partial charge in [0.25, 0.3) is 0 Å². The van der Waals surface area contributed by atoms with Crippen LogP contribution in [0.3, 0.4) is 0 Å². The van der Waals surface area contributed by atoms with E-state index in [4.69, 9.17) is 16.3 Å². The van der Waals surface area contributed by atoms with E-state index in [1.54, 1.807) is 24.3 Å². The zero-order chi connectivity index (χ0) is 20.8. The first-order chi connectivity index (χ1) is 14.7. The number of hydrogen-bond donors (Lipinski definition) is 1. The van der Waals surface area contributed by atoms with Crippen molar-refractivity contribution < 1.29 is 9.53 Å². The predicted molar refractivity (Wildman–Crippen MR) is 123 cm³/mol. The van der Waals surface area contributed by atoms with Gasteiger partial charge in [0.15, 0.2) is 10.1 Å². The SMILES string of the molecule is O=C(CSc1nnc(Nc2ccc(Oc3ccccc3)cc2)s1)c1ccc(Cl)cc1. The molecule has 0 aliphatic rings. The fraction of sp³-hybridized carbons (Fsp3) is 0.0455. The average molecular weight is 454 g/mol. The fourth-order valence-electron chi connectivity index (χ4n) is 2.52. The Morgan fingerprint density at radius 2 is 1.63 bits per heavy atom. The molecule has 150 valence electrons. The van der Waals surface area contributed by atoms with Crippen molar-refractivity contribution in [2.24, 2.45) is 0 Å². The van der Waals surface area contributed by atoms with Gasteiger partial charge in [-0.2, -0.15) is 0 Å². The second-order valence-corrected chi connectivity index (χ2v) is 8.79. The first-order valence-corrected chi connectivity index (χ1v) is 11.2. The van der Waals surface area contributed by atoms with E-state index in [0.29, 0.717) is 21.5 Å². The number of ketones is 1. The molecule has 0 aliphatic heterocycles. The molecule has 0 atom stereocenters. The molecule has 3 aromatic carbocycles. The summed E-state index contributed by atoms with van der Waals surface area (Å²) in [7, 11) is 0. The summed E-state index contributed by atoms with van der Waals surface area (Å²) in [4.78, 5) is 12.3. The van der Waals surface area contributed by atoms with E-state index in [-0.39, 0.29) is 5.78 Å². The van der Waals surface area contributed by atoms with Crippen LogP contribution in [0.1, 0.15) is 10.4 Å². The maximum Gasteiger partial charge on any atom is 0.210 e. The van der Waals surface area contributed by atoms with Crippen LogP contribution in [0.5, 0.6) is 11.5 Å². The number of carbonyl (C=O) groups is 1. The van der Waals surface area contributed by atoms with Crippen LogP contribution in [-0.2, 0) is 0 Å². The third-order valence-electron chi connectivity index (χ3n) is 3.98. The van der Waals surface area contributed by atoms with Crippen LogP contribution in [0.15, 0.2) is 83.2 Å². The third kappa shape index (κ3) is 5.60. The van der Waals surface area contributed by atoms with Crippen molar-refractivity contribution in [2.75, 3.05) is 11.1 Å². The standard InChI is InChI=1S/C22H16ClN3O2S2/c23-16-8-6-15(7-9-16)20(27)14-29-22-26-25-21(30-22)24-17-10-12-19(13-11-17)28-18-4-2-1-3-5-18/h1-13H,14H2,(H,24,25). The molecular formula is C22H16ClN3O2S2. The van der Waals surface area contributed by atoms with Gasteiger partial charge in [-0.15, -0.1) is 10.2 Å². The zero-order valence-electron chi connectivity index (χ0n) is 15.6. The Balaban J connectivity index is 1.30. The minimum atomic E-state index is 0.0235. The number of para-hydroxylation sites is 1. The van der Waals surface area contributed by atoms with E-state index in [1.807, 2.05) is 54.6 Å². The van der Waals surface area contributed by atoms with Crippen molar-refractivity contribution in [3.63, 3.8) is 0 Å². The van der Waals surface area contributed by atoms with Crippen LogP contribution in [0, 0.1) is 0 Å². The van der Waals surface area contributed by atoms with E-state index >= 15 is 0 Å². The molecule has 0 unspecified atom stereocenters. The maximum atomic E-state index is 12.3. The number of carbonyl (C=O) groups excluding carboxylic acids is 1. The predicted octanol–water partition coefficient (Wildman–Crippen LogP) is 6.70. The van der Waals surface area contributed by atoms with Crippen molar-refractivity contribution in [2.45, 2.75) is 4.34 Å². The molecule has 0 saturated carbocycles. The number of aromatic nitrogens is 2. The van der Waals surface area contributed by atoms with E-state index in [0.717, 1.165) is 21.5 Å². The number of rotatable bonds is 8. The van der Waals surface area contributed by atoms with Crippen molar-refractivity contribution >= 4 is 51.3 Å². The molecule has 4 rings (SSSR count). The molecular weight excluding hydrogens is 438 g/mol. The Morgan fingerprint density at radius 1 is 0.933 bits per heavy atom. The van der Waals surface area contributed by atoms with Crippen molar-refractivity contribution in [3.05, 3.63) is 89.4 Å². The summed E-state index contributed by atoms with van der Waals surface area (Å²) in [5.74, 6) is 1.86. The molecule has 0 amide bonds. The lowest BCUT2D eigenvalue weighted by Crippen LogP contribution is -2.01. The summed E-state index contributed by atoms with van der Waals surface area (Å²) >= 11 is 8.62. The highest BCUT2D eigenvalue weighted by Gasteiger charge is 2.10. The number of anilines is 2. The van der Waals surface area contributed by atoms with Crippen LogP contribution in [0.25, 0.3) is 0 Å². The van der Waals surface area contributed by atoms with Gasteiger partial charge in [0.1, 0.15) is 11.5 Å². The molecule has 0 bridgehead atoms. The van der Waals surface area contributed by atoms with Crippen LogP contribution in [0.4, 0.5) is 10.8 Å². The Hall–Kier alpha value is -2.87. The van der Waals surface area contributed by atoms with Gasteiger partial charge < -0.3 is 10.1 Å². The number of benzene rings is 3. The molecule has 0 aliphatic carbocycles. The molecule has 0 fully saturated rings. The smallest absolute Gasteiger partial charge is 0.210 e. The van der Waals surface area contributed by atoms with Gasteiger partial charge in [-0.05, 0) is 60.7 Å². The third-order valence-corrected chi connectivity index (χ3v) is 6.21. The Morgan fingerprint density at radius 3 is 2.37 bits per heavy atom. The molecule has 5 nitrogen and oxygen atoms in total. The van der Waals surface area contributed by atoms with Gasteiger partial charge in [-0.3, -0.25) is 4.79 Å². The first kappa shape index (κ1) is 20.4. The van der Waals surface area contributed by atoms with Gasteiger partial charge in [-0.25, -0.2) is 0 Å². The Bertz CT molecular complexity index is 1120. The number of Topliss-reactive ketones (excluding diaryl/α,β-unsaturated/α-hetero) is 1. The summed E-state index contributed by atoms with van der Waals surface area (Å²) in [6, 6.07) is 24.1. The summed E-state index contributed by atoms with van der Waals surface area (Å²) in [5.41, 5.74) is 1.51. The molecule has 30 heavy (non-hydrogen) atoms. The number of hydrogen-bond acceptors (Lipinski definition) is 7. The van der Waals surface area contributed by atoms with E-state index in [9.17, 15) is 4.79 Å². The largest absolute Gasteiger partial charge is 0.457 e. The van der Waals surface area contributed by atoms with Gasteiger partial charge >= 0.3 is 0 Å². The number of ether oxygens (including phenoxy) is 1. The van der Waals surface area contributed by atoms with Crippen LogP contribution in [-0.4, -0.2) is 21.7 Å². The minimum Gasteiger partial charge on any atom is -0.457 e. The van der Waals surface area contributed by atoms with Crippen molar-refractivity contribution in [3.8, 4) is 11.5 Å². The highest BCUT2D eigenvalue weighted by atomic mass is 35.5. The minimum absolute atomic E-state index is 0.0235. The molecule has 0 spiro atoms. The summed E-state index contributed by atoms with van der Waals surface area (Å²) in [5, 5.41) is 12.8. The summed E-state index contributed by atoms with van der Waals surface area (Å²) in [6.45, 7) is 0. The number of nitrogens with one attached hydrogen (secondary N) is 1. The Labute approximate surface area is 187 Å². The van der Waals surface area contributed by atoms with Crippen LogP contribution < -0.4 is 10.1 Å². The van der Waals surface area contributed by atoms with Gasteiger partial charge in [-0.1, -0.05) is 52.9 Å². The lowest BCUT2D eigenvalue weighted by molar-refractivity contribution is 0.102. The maximum absolute atomic E-state index is 12.3. The van der Waals surface area contributed by atoms with Crippen LogP contribution in [0.2, 0.25) is 5.02 Å². The molecule has 1 heterocycles. The zero-order valence-corrected chi connectivity index (χ0v) is 18.0. The quantitative estimate of drug-likeness (QED) is 0.236. The number of nitrogens with zero attached hydrogens (tertiary/aromatic N) is 2. The van der Waals surface area contributed by atoms with Gasteiger partial charge in [0.2, 0.25) is 5.13 Å². The second kappa shape index (κ2) is 9.75. The molecule has 8 heteroatoms. The topological polar surface area (TPSA) is 64.1 Å². The first-order valence-electron chi connectivity index (χ1n) is 9.01. The van der Waals surface area contributed by atoms with Gasteiger partial charge in [0.05, 0.1) is 5.75 Å².